The topological polar surface area (TPSA) is 76.0 Å². The monoisotopic (exact) mass is 338 g/mol. The molecular formula is C19H22N4O2. The Labute approximate surface area is 146 Å². The highest BCUT2D eigenvalue weighted by atomic mass is 16.2. The van der Waals surface area contributed by atoms with Gasteiger partial charge in [-0.05, 0) is 49.9 Å². The maximum atomic E-state index is 12.5. The van der Waals surface area contributed by atoms with Crippen molar-refractivity contribution in [2.75, 3.05) is 10.6 Å². The summed E-state index contributed by atoms with van der Waals surface area (Å²) in [5.41, 5.74) is 1.29. The number of hydrogen-bond acceptors (Lipinski definition) is 3. The van der Waals surface area contributed by atoms with Gasteiger partial charge in [-0.2, -0.15) is 5.10 Å². The van der Waals surface area contributed by atoms with Crippen LogP contribution in [0.1, 0.15) is 54.9 Å². The molecule has 4 rings (SSSR count). The third-order valence-electron chi connectivity index (χ3n) is 4.95. The van der Waals surface area contributed by atoms with E-state index in [0.717, 1.165) is 37.2 Å². The average molecular weight is 338 g/mol. The Morgan fingerprint density at radius 3 is 2.36 bits per heavy atom. The summed E-state index contributed by atoms with van der Waals surface area (Å²) < 4.78 is 1.93. The number of nitrogens with one attached hydrogen (secondary N) is 2. The van der Waals surface area contributed by atoms with Crippen molar-refractivity contribution in [3.63, 3.8) is 0 Å². The van der Waals surface area contributed by atoms with Crippen molar-refractivity contribution in [3.8, 4) is 0 Å². The van der Waals surface area contributed by atoms with Crippen LogP contribution in [0.25, 0.3) is 0 Å². The molecule has 0 atom stereocenters. The van der Waals surface area contributed by atoms with Crippen molar-refractivity contribution in [3.05, 3.63) is 42.1 Å². The molecule has 2 fully saturated rings. The Kier molecular flexibility index (Phi) is 4.26. The molecule has 1 heterocycles. The maximum Gasteiger partial charge on any atom is 0.256 e. The highest BCUT2D eigenvalue weighted by Gasteiger charge is 2.29. The fourth-order valence-electron chi connectivity index (χ4n) is 3.34. The van der Waals surface area contributed by atoms with Crippen molar-refractivity contribution < 1.29 is 9.59 Å². The largest absolute Gasteiger partial charge is 0.326 e. The van der Waals surface area contributed by atoms with Crippen LogP contribution in [0.2, 0.25) is 0 Å². The molecule has 25 heavy (non-hydrogen) atoms. The molecular weight excluding hydrogens is 316 g/mol. The fraction of sp³-hybridized carbons (Fsp3) is 0.421. The van der Waals surface area contributed by atoms with Gasteiger partial charge in [0.25, 0.3) is 5.91 Å². The molecule has 2 saturated carbocycles. The van der Waals surface area contributed by atoms with Gasteiger partial charge < -0.3 is 10.6 Å². The first-order chi connectivity index (χ1) is 12.2. The second kappa shape index (κ2) is 6.70. The number of amides is 2. The quantitative estimate of drug-likeness (QED) is 0.874. The van der Waals surface area contributed by atoms with Crippen LogP contribution in [0, 0.1) is 5.92 Å². The van der Waals surface area contributed by atoms with Crippen LogP contribution in [0.3, 0.4) is 0 Å². The van der Waals surface area contributed by atoms with E-state index in [2.05, 4.69) is 15.7 Å². The Balaban J connectivity index is 1.41. The molecule has 2 amide bonds. The van der Waals surface area contributed by atoms with Crippen LogP contribution >= 0.6 is 0 Å². The van der Waals surface area contributed by atoms with Crippen molar-refractivity contribution in [2.24, 2.45) is 5.92 Å². The molecule has 2 aromatic rings. The van der Waals surface area contributed by atoms with Crippen LogP contribution < -0.4 is 10.6 Å². The maximum absolute atomic E-state index is 12.5. The van der Waals surface area contributed by atoms with E-state index in [4.69, 9.17) is 0 Å². The number of aromatic nitrogens is 2. The van der Waals surface area contributed by atoms with Gasteiger partial charge in [-0.15, -0.1) is 0 Å². The van der Waals surface area contributed by atoms with Crippen LogP contribution in [-0.4, -0.2) is 21.6 Å². The van der Waals surface area contributed by atoms with Gasteiger partial charge in [-0.25, -0.2) is 4.68 Å². The zero-order chi connectivity index (χ0) is 17.2. The van der Waals surface area contributed by atoms with Crippen molar-refractivity contribution >= 4 is 23.3 Å². The van der Waals surface area contributed by atoms with Crippen molar-refractivity contribution in [1.29, 1.82) is 0 Å². The summed E-state index contributed by atoms with van der Waals surface area (Å²) in [6.07, 6.45) is 8.32. The second-order valence-corrected chi connectivity index (χ2v) is 6.89. The lowest BCUT2D eigenvalue weighted by Gasteiger charge is -2.14. The molecule has 0 radical (unpaired) electrons. The van der Waals surface area contributed by atoms with Gasteiger partial charge in [0.15, 0.2) is 0 Å². The van der Waals surface area contributed by atoms with Crippen molar-refractivity contribution in [1.82, 2.24) is 9.78 Å². The van der Waals surface area contributed by atoms with Gasteiger partial charge in [0.1, 0.15) is 5.82 Å². The molecule has 6 nitrogen and oxygen atoms in total. The molecule has 0 aliphatic heterocycles. The number of nitrogens with zero attached hydrogens (tertiary/aromatic N) is 2. The zero-order valence-electron chi connectivity index (χ0n) is 14.1. The molecule has 0 unspecified atom stereocenters. The van der Waals surface area contributed by atoms with E-state index >= 15 is 0 Å². The minimum atomic E-state index is -0.167. The summed E-state index contributed by atoms with van der Waals surface area (Å²) in [4.78, 5) is 24.3. The smallest absolute Gasteiger partial charge is 0.256 e. The molecule has 2 N–H and O–H groups in total. The Morgan fingerprint density at radius 2 is 1.68 bits per heavy atom. The van der Waals surface area contributed by atoms with Gasteiger partial charge in [0, 0.05) is 23.2 Å². The summed E-state index contributed by atoms with van der Waals surface area (Å²) >= 11 is 0. The first-order valence-corrected chi connectivity index (χ1v) is 8.96. The molecule has 2 aliphatic carbocycles. The van der Waals surface area contributed by atoms with Gasteiger partial charge in [0.05, 0.1) is 12.2 Å². The van der Waals surface area contributed by atoms with Gasteiger partial charge >= 0.3 is 0 Å². The van der Waals surface area contributed by atoms with E-state index in [1.54, 1.807) is 30.5 Å². The van der Waals surface area contributed by atoms with E-state index in [1.807, 2.05) is 10.7 Å². The normalized spacial score (nSPS) is 17.4. The third-order valence-corrected chi connectivity index (χ3v) is 4.95. The molecule has 6 heteroatoms. The minimum Gasteiger partial charge on any atom is -0.326 e. The third kappa shape index (κ3) is 3.57. The van der Waals surface area contributed by atoms with E-state index in [1.165, 1.54) is 12.8 Å². The minimum absolute atomic E-state index is 0.0673. The molecule has 130 valence electrons. The SMILES string of the molecule is O=C(Nc1ccnn1C1CCCC1)c1ccc(NC(=O)C2CC2)cc1. The molecule has 2 aliphatic rings. The van der Waals surface area contributed by atoms with Gasteiger partial charge in [-0.1, -0.05) is 12.8 Å². The predicted molar refractivity (Wildman–Crippen MR) is 95.5 cm³/mol. The standard InChI is InChI=1S/C19H22N4O2/c24-18(13-5-6-13)21-15-9-7-14(8-10-15)19(25)22-17-11-12-20-23(17)16-3-1-2-4-16/h7-13,16H,1-6H2,(H,21,24)(H,22,25). The van der Waals surface area contributed by atoms with E-state index in [-0.39, 0.29) is 17.7 Å². The highest BCUT2D eigenvalue weighted by molar-refractivity contribution is 6.04. The summed E-state index contributed by atoms with van der Waals surface area (Å²) in [5, 5.41) is 10.2. The Hall–Kier alpha value is -2.63. The fourth-order valence-corrected chi connectivity index (χ4v) is 3.34. The second-order valence-electron chi connectivity index (χ2n) is 6.89. The zero-order valence-corrected chi connectivity index (χ0v) is 14.1. The first kappa shape index (κ1) is 15.9. The highest BCUT2D eigenvalue weighted by Crippen LogP contribution is 2.31. The summed E-state index contributed by atoms with van der Waals surface area (Å²) in [6.45, 7) is 0. The number of rotatable bonds is 5. The van der Waals surface area contributed by atoms with Crippen LogP contribution in [0.5, 0.6) is 0 Å². The van der Waals surface area contributed by atoms with Crippen LogP contribution in [0.4, 0.5) is 11.5 Å². The number of hydrogen-bond donors (Lipinski definition) is 2. The van der Waals surface area contributed by atoms with E-state index < -0.39 is 0 Å². The lowest BCUT2D eigenvalue weighted by molar-refractivity contribution is -0.117. The molecule has 0 bridgehead atoms. The predicted octanol–water partition coefficient (Wildman–Crippen LogP) is 3.60. The Bertz CT molecular complexity index is 771. The van der Waals surface area contributed by atoms with Crippen LogP contribution in [-0.2, 0) is 4.79 Å². The van der Waals surface area contributed by atoms with E-state index in [0.29, 0.717) is 11.6 Å². The molecule has 1 aromatic heterocycles. The lowest BCUT2D eigenvalue weighted by Crippen LogP contribution is -2.18. The summed E-state index contributed by atoms with van der Waals surface area (Å²) in [5.74, 6) is 0.805. The van der Waals surface area contributed by atoms with Gasteiger partial charge in [-0.3, -0.25) is 9.59 Å². The number of benzene rings is 1. The van der Waals surface area contributed by atoms with Crippen LogP contribution in [0.15, 0.2) is 36.5 Å². The first-order valence-electron chi connectivity index (χ1n) is 8.96. The van der Waals surface area contributed by atoms with E-state index in [9.17, 15) is 9.59 Å². The summed E-state index contributed by atoms with van der Waals surface area (Å²) in [7, 11) is 0. The number of carbonyl (C=O) groups is 2. The molecule has 0 spiro atoms. The molecule has 1 aromatic carbocycles. The lowest BCUT2D eigenvalue weighted by atomic mass is 10.2. The van der Waals surface area contributed by atoms with Gasteiger partial charge in [0.2, 0.25) is 5.91 Å². The number of carbonyl (C=O) groups excluding carboxylic acids is 2. The summed E-state index contributed by atoms with van der Waals surface area (Å²) in [6, 6.07) is 9.21. The Morgan fingerprint density at radius 1 is 0.960 bits per heavy atom. The average Bonchev–Trinajstić information content (AvgIpc) is 3.14. The van der Waals surface area contributed by atoms with Crippen molar-refractivity contribution in [2.45, 2.75) is 44.6 Å². The molecule has 0 saturated heterocycles. The number of anilines is 2.